The van der Waals surface area contributed by atoms with Crippen LogP contribution >= 0.6 is 0 Å². The fourth-order valence-corrected chi connectivity index (χ4v) is 2.70. The highest BCUT2D eigenvalue weighted by atomic mass is 16.5. The van der Waals surface area contributed by atoms with Gasteiger partial charge in [0.25, 0.3) is 0 Å². The van der Waals surface area contributed by atoms with Gasteiger partial charge in [-0.1, -0.05) is 18.2 Å². The first-order valence-corrected chi connectivity index (χ1v) is 6.69. The molecule has 2 aromatic heterocycles. The fraction of sp³-hybridized carbons (Fsp3) is 0.200. The van der Waals surface area contributed by atoms with Crippen LogP contribution in [0.1, 0.15) is 12.6 Å². The molecule has 0 aliphatic carbocycles. The van der Waals surface area contributed by atoms with E-state index in [2.05, 4.69) is 26.8 Å². The van der Waals surface area contributed by atoms with Crippen molar-refractivity contribution < 1.29 is 4.74 Å². The molecular formula is C15H14N4O. The van der Waals surface area contributed by atoms with Crippen molar-refractivity contribution in [3.05, 3.63) is 48.5 Å². The molecule has 0 fully saturated rings. The summed E-state index contributed by atoms with van der Waals surface area (Å²) < 4.78 is 9.71. The Labute approximate surface area is 116 Å². The van der Waals surface area contributed by atoms with Crippen LogP contribution in [0.15, 0.2) is 42.9 Å². The van der Waals surface area contributed by atoms with Crippen LogP contribution < -0.4 is 4.74 Å². The van der Waals surface area contributed by atoms with Gasteiger partial charge in [0.15, 0.2) is 0 Å². The second kappa shape index (κ2) is 4.23. The van der Waals surface area contributed by atoms with Crippen LogP contribution in [0.3, 0.4) is 0 Å². The summed E-state index contributed by atoms with van der Waals surface area (Å²) in [6.45, 7) is 3.24. The summed E-state index contributed by atoms with van der Waals surface area (Å²) in [5, 5.41) is 4.42. The average molecular weight is 266 g/mol. The maximum Gasteiger partial charge on any atom is 0.237 e. The molecule has 3 heterocycles. The summed E-state index contributed by atoms with van der Waals surface area (Å²) >= 11 is 0. The Kier molecular flexibility index (Phi) is 2.39. The third-order valence-corrected chi connectivity index (χ3v) is 3.56. The Morgan fingerprint density at radius 1 is 1.25 bits per heavy atom. The standard InChI is InChI=1S/C15H14N4O/c1-2-20-15-14-9-19-13(7-8-17-19)11-5-3-4-6-12(11)18(14)10-16-15/h3-8,10H,2,9H2,1H3. The predicted molar refractivity (Wildman–Crippen MR) is 75.1 cm³/mol. The number of para-hydroxylation sites is 1. The lowest BCUT2D eigenvalue weighted by Crippen LogP contribution is -2.06. The summed E-state index contributed by atoms with van der Waals surface area (Å²) in [6.07, 6.45) is 3.66. The van der Waals surface area contributed by atoms with Gasteiger partial charge in [-0.15, -0.1) is 0 Å². The van der Waals surface area contributed by atoms with Gasteiger partial charge in [0.2, 0.25) is 5.88 Å². The van der Waals surface area contributed by atoms with Gasteiger partial charge in [0.1, 0.15) is 12.0 Å². The number of aromatic nitrogens is 4. The van der Waals surface area contributed by atoms with E-state index in [1.807, 2.05) is 42.3 Å². The second-order valence-corrected chi connectivity index (χ2v) is 4.69. The SMILES string of the molecule is CCOc1ncn2c1Cn1nccc1-c1ccccc1-2. The van der Waals surface area contributed by atoms with Gasteiger partial charge in [0.05, 0.1) is 24.5 Å². The molecule has 1 aliphatic heterocycles. The maximum absolute atomic E-state index is 5.63. The molecule has 5 heteroatoms. The van der Waals surface area contributed by atoms with E-state index < -0.39 is 0 Å². The zero-order valence-electron chi connectivity index (χ0n) is 11.2. The molecule has 3 aromatic rings. The highest BCUT2D eigenvalue weighted by Gasteiger charge is 2.22. The van der Waals surface area contributed by atoms with E-state index in [4.69, 9.17) is 4.74 Å². The van der Waals surface area contributed by atoms with Crippen molar-refractivity contribution in [1.29, 1.82) is 0 Å². The van der Waals surface area contributed by atoms with Gasteiger partial charge in [-0.3, -0.25) is 9.25 Å². The zero-order valence-corrected chi connectivity index (χ0v) is 11.2. The molecule has 0 radical (unpaired) electrons. The lowest BCUT2D eigenvalue weighted by atomic mass is 10.1. The molecule has 0 bridgehead atoms. The minimum absolute atomic E-state index is 0.609. The summed E-state index contributed by atoms with van der Waals surface area (Å²) in [7, 11) is 0. The van der Waals surface area contributed by atoms with E-state index in [0.717, 1.165) is 22.6 Å². The third kappa shape index (κ3) is 1.49. The smallest absolute Gasteiger partial charge is 0.237 e. The second-order valence-electron chi connectivity index (χ2n) is 4.69. The molecule has 0 atom stereocenters. The van der Waals surface area contributed by atoms with Gasteiger partial charge < -0.3 is 4.74 Å². The highest BCUT2D eigenvalue weighted by molar-refractivity contribution is 5.71. The first-order chi connectivity index (χ1) is 9.88. The number of fused-ring (bicyclic) bond motifs is 5. The minimum atomic E-state index is 0.609. The lowest BCUT2D eigenvalue weighted by molar-refractivity contribution is 0.323. The van der Waals surface area contributed by atoms with E-state index >= 15 is 0 Å². The van der Waals surface area contributed by atoms with Gasteiger partial charge in [-0.25, -0.2) is 4.98 Å². The predicted octanol–water partition coefficient (Wildman–Crippen LogP) is 2.50. The number of hydrogen-bond donors (Lipinski definition) is 0. The van der Waals surface area contributed by atoms with Gasteiger partial charge in [-0.05, 0) is 19.1 Å². The van der Waals surface area contributed by atoms with Gasteiger partial charge in [-0.2, -0.15) is 5.10 Å². The first kappa shape index (κ1) is 11.3. The van der Waals surface area contributed by atoms with Crippen molar-refractivity contribution in [3.63, 3.8) is 0 Å². The Morgan fingerprint density at radius 3 is 3.05 bits per heavy atom. The molecule has 1 aliphatic rings. The van der Waals surface area contributed by atoms with E-state index in [1.54, 1.807) is 0 Å². The number of imidazole rings is 1. The molecule has 0 saturated carbocycles. The molecule has 1 aromatic carbocycles. The van der Waals surface area contributed by atoms with Crippen molar-refractivity contribution in [1.82, 2.24) is 19.3 Å². The van der Waals surface area contributed by atoms with E-state index in [-0.39, 0.29) is 0 Å². The zero-order chi connectivity index (χ0) is 13.5. The monoisotopic (exact) mass is 266 g/mol. The first-order valence-electron chi connectivity index (χ1n) is 6.69. The quantitative estimate of drug-likeness (QED) is 0.560. The van der Waals surface area contributed by atoms with E-state index in [1.165, 1.54) is 0 Å². The molecule has 20 heavy (non-hydrogen) atoms. The summed E-state index contributed by atoms with van der Waals surface area (Å²) in [5.41, 5.74) is 4.41. The summed E-state index contributed by atoms with van der Waals surface area (Å²) in [6, 6.07) is 10.3. The summed E-state index contributed by atoms with van der Waals surface area (Å²) in [4.78, 5) is 4.39. The molecule has 100 valence electrons. The van der Waals surface area contributed by atoms with Crippen LogP contribution in [0.5, 0.6) is 5.88 Å². The van der Waals surface area contributed by atoms with Crippen LogP contribution in [-0.4, -0.2) is 25.9 Å². The molecule has 5 nitrogen and oxygen atoms in total. The van der Waals surface area contributed by atoms with Crippen LogP contribution in [0, 0.1) is 0 Å². The van der Waals surface area contributed by atoms with Gasteiger partial charge in [0, 0.05) is 11.8 Å². The van der Waals surface area contributed by atoms with Crippen molar-refractivity contribution in [3.8, 4) is 22.8 Å². The van der Waals surface area contributed by atoms with Gasteiger partial charge >= 0.3 is 0 Å². The van der Waals surface area contributed by atoms with Crippen molar-refractivity contribution in [2.24, 2.45) is 0 Å². The lowest BCUT2D eigenvalue weighted by Gasteiger charge is -2.08. The number of benzene rings is 1. The Hall–Kier alpha value is -2.56. The Morgan fingerprint density at radius 2 is 2.15 bits per heavy atom. The summed E-state index contributed by atoms with van der Waals surface area (Å²) in [5.74, 6) is 0.686. The normalized spacial score (nSPS) is 12.2. The maximum atomic E-state index is 5.63. The Balaban J connectivity index is 2.01. The number of ether oxygens (including phenoxy) is 1. The highest BCUT2D eigenvalue weighted by Crippen LogP contribution is 2.33. The average Bonchev–Trinajstić information content (AvgIpc) is 3.06. The van der Waals surface area contributed by atoms with Crippen LogP contribution in [0.25, 0.3) is 16.9 Å². The molecule has 0 saturated heterocycles. The largest absolute Gasteiger partial charge is 0.477 e. The van der Waals surface area contributed by atoms with Crippen molar-refractivity contribution in [2.45, 2.75) is 13.5 Å². The van der Waals surface area contributed by atoms with Crippen LogP contribution in [0.4, 0.5) is 0 Å². The van der Waals surface area contributed by atoms with Crippen LogP contribution in [0.2, 0.25) is 0 Å². The third-order valence-electron chi connectivity index (χ3n) is 3.56. The number of nitrogens with zero attached hydrogens (tertiary/aromatic N) is 4. The fourth-order valence-electron chi connectivity index (χ4n) is 2.70. The topological polar surface area (TPSA) is 44.9 Å². The molecule has 4 rings (SSSR count). The number of rotatable bonds is 2. The molecular weight excluding hydrogens is 252 g/mol. The molecule has 0 N–H and O–H groups in total. The molecule has 0 amide bonds. The van der Waals surface area contributed by atoms with Crippen molar-refractivity contribution >= 4 is 0 Å². The van der Waals surface area contributed by atoms with E-state index in [0.29, 0.717) is 19.0 Å². The van der Waals surface area contributed by atoms with E-state index in [9.17, 15) is 0 Å². The Bertz CT molecular complexity index is 772. The minimum Gasteiger partial charge on any atom is -0.477 e. The number of hydrogen-bond acceptors (Lipinski definition) is 3. The molecule has 0 unspecified atom stereocenters. The molecule has 0 spiro atoms. The van der Waals surface area contributed by atoms with Crippen LogP contribution in [-0.2, 0) is 6.54 Å². The van der Waals surface area contributed by atoms with Crippen molar-refractivity contribution in [2.75, 3.05) is 6.61 Å².